The maximum absolute atomic E-state index is 12.1. The van der Waals surface area contributed by atoms with Crippen molar-refractivity contribution >= 4 is 17.4 Å². The van der Waals surface area contributed by atoms with E-state index in [0.29, 0.717) is 19.1 Å². The number of amides is 2. The predicted octanol–water partition coefficient (Wildman–Crippen LogP) is 5.00. The normalized spacial score (nSPS) is 14.0. The second kappa shape index (κ2) is 10.0. The summed E-state index contributed by atoms with van der Waals surface area (Å²) in [6.07, 6.45) is 3.83. The molecule has 150 valence electrons. The third-order valence-corrected chi connectivity index (χ3v) is 5.03. The third kappa shape index (κ3) is 5.65. The molecule has 0 radical (unpaired) electrons. The first-order valence-electron chi connectivity index (χ1n) is 10.2. The summed E-state index contributed by atoms with van der Waals surface area (Å²) >= 11 is 0. The van der Waals surface area contributed by atoms with Gasteiger partial charge in [-0.1, -0.05) is 32.0 Å². The Kier molecular flexibility index (Phi) is 7.18. The minimum Gasteiger partial charge on any atom is -0.491 e. The molecule has 2 aromatic rings. The summed E-state index contributed by atoms with van der Waals surface area (Å²) in [6, 6.07) is 15.9. The minimum absolute atomic E-state index is 0.216. The molecule has 5 heteroatoms. The average Bonchev–Trinajstić information content (AvgIpc) is 2.72. The molecule has 1 aliphatic rings. The van der Waals surface area contributed by atoms with Crippen molar-refractivity contribution in [3.63, 3.8) is 0 Å². The molecule has 0 atom stereocenters. The highest BCUT2D eigenvalue weighted by atomic mass is 16.5. The molecule has 1 heterocycles. The first kappa shape index (κ1) is 20.1. The highest BCUT2D eigenvalue weighted by Crippen LogP contribution is 2.25. The summed E-state index contributed by atoms with van der Waals surface area (Å²) in [7, 11) is 0. The van der Waals surface area contributed by atoms with Crippen molar-refractivity contribution in [3.8, 4) is 5.75 Å². The summed E-state index contributed by atoms with van der Waals surface area (Å²) in [6.45, 7) is 7.41. The molecule has 28 heavy (non-hydrogen) atoms. The van der Waals surface area contributed by atoms with Gasteiger partial charge in [0, 0.05) is 24.5 Å². The summed E-state index contributed by atoms with van der Waals surface area (Å²) in [4.78, 5) is 14.5. The number of piperidine rings is 1. The Morgan fingerprint density at radius 1 is 1.04 bits per heavy atom. The standard InChI is InChI=1S/C23H31N3O2/c1-18(2)21-8-4-5-9-22(21)28-17-14-24-23(27)25-19-10-12-20(13-11-19)26-15-6-3-7-16-26/h4-5,8-13,18H,3,6-7,14-17H2,1-2H3,(H2,24,25,27). The number of nitrogens with one attached hydrogen (secondary N) is 2. The maximum atomic E-state index is 12.1. The zero-order valence-corrected chi connectivity index (χ0v) is 16.9. The number of hydrogen-bond donors (Lipinski definition) is 2. The quantitative estimate of drug-likeness (QED) is 0.664. The topological polar surface area (TPSA) is 53.6 Å². The molecule has 1 aliphatic heterocycles. The number of nitrogens with zero attached hydrogens (tertiary/aromatic N) is 1. The van der Waals surface area contributed by atoms with Crippen LogP contribution >= 0.6 is 0 Å². The number of carbonyl (C=O) groups excluding carboxylic acids is 1. The van der Waals surface area contributed by atoms with Gasteiger partial charge in [-0.15, -0.1) is 0 Å². The van der Waals surface area contributed by atoms with Crippen LogP contribution < -0.4 is 20.3 Å². The number of anilines is 2. The highest BCUT2D eigenvalue weighted by molar-refractivity contribution is 5.89. The minimum atomic E-state index is -0.216. The van der Waals surface area contributed by atoms with E-state index in [-0.39, 0.29) is 6.03 Å². The Morgan fingerprint density at radius 2 is 1.75 bits per heavy atom. The maximum Gasteiger partial charge on any atom is 0.319 e. The Balaban J connectivity index is 1.41. The van der Waals surface area contributed by atoms with Crippen LogP contribution in [0.5, 0.6) is 5.75 Å². The fourth-order valence-electron chi connectivity index (χ4n) is 3.50. The van der Waals surface area contributed by atoms with Gasteiger partial charge in [-0.3, -0.25) is 0 Å². The fraction of sp³-hybridized carbons (Fsp3) is 0.435. The first-order valence-corrected chi connectivity index (χ1v) is 10.2. The molecule has 0 bridgehead atoms. The molecule has 2 amide bonds. The van der Waals surface area contributed by atoms with Crippen molar-refractivity contribution in [1.82, 2.24) is 5.32 Å². The second-order valence-electron chi connectivity index (χ2n) is 7.52. The number of hydrogen-bond acceptors (Lipinski definition) is 3. The van der Waals surface area contributed by atoms with Crippen LogP contribution in [0.1, 0.15) is 44.6 Å². The van der Waals surface area contributed by atoms with E-state index in [1.54, 1.807) is 0 Å². The number of urea groups is 1. The lowest BCUT2D eigenvalue weighted by Gasteiger charge is -2.28. The Bertz CT molecular complexity index is 753. The molecule has 0 aromatic heterocycles. The van der Waals surface area contributed by atoms with Crippen LogP contribution in [0, 0.1) is 0 Å². The third-order valence-electron chi connectivity index (χ3n) is 5.03. The first-order chi connectivity index (χ1) is 13.6. The monoisotopic (exact) mass is 381 g/mol. The smallest absolute Gasteiger partial charge is 0.319 e. The summed E-state index contributed by atoms with van der Waals surface area (Å²) in [5.41, 5.74) is 3.20. The van der Waals surface area contributed by atoms with Gasteiger partial charge in [0.1, 0.15) is 12.4 Å². The van der Waals surface area contributed by atoms with Crippen molar-refractivity contribution in [1.29, 1.82) is 0 Å². The Morgan fingerprint density at radius 3 is 2.46 bits per heavy atom. The van der Waals surface area contributed by atoms with Gasteiger partial charge in [-0.05, 0) is 61.1 Å². The van der Waals surface area contributed by atoms with Crippen LogP contribution in [0.2, 0.25) is 0 Å². The van der Waals surface area contributed by atoms with E-state index in [2.05, 4.69) is 47.6 Å². The number of benzene rings is 2. The van der Waals surface area contributed by atoms with Gasteiger partial charge in [0.05, 0.1) is 6.54 Å². The number of ether oxygens (including phenoxy) is 1. The van der Waals surface area contributed by atoms with Gasteiger partial charge in [0.15, 0.2) is 0 Å². The van der Waals surface area contributed by atoms with Crippen molar-refractivity contribution in [2.24, 2.45) is 0 Å². The van der Waals surface area contributed by atoms with Gasteiger partial charge < -0.3 is 20.3 Å². The van der Waals surface area contributed by atoms with E-state index < -0.39 is 0 Å². The van der Waals surface area contributed by atoms with Gasteiger partial charge in [-0.25, -0.2) is 4.79 Å². The number of para-hydroxylation sites is 1. The lowest BCUT2D eigenvalue weighted by molar-refractivity contribution is 0.247. The average molecular weight is 382 g/mol. The lowest BCUT2D eigenvalue weighted by Crippen LogP contribution is -2.32. The zero-order chi connectivity index (χ0) is 19.8. The van der Waals surface area contributed by atoms with Crippen molar-refractivity contribution in [3.05, 3.63) is 54.1 Å². The molecule has 5 nitrogen and oxygen atoms in total. The molecule has 0 spiro atoms. The molecule has 0 aliphatic carbocycles. The summed E-state index contributed by atoms with van der Waals surface area (Å²) in [5.74, 6) is 1.29. The van der Waals surface area contributed by atoms with Crippen LogP contribution in [0.25, 0.3) is 0 Å². The molecule has 1 saturated heterocycles. The van der Waals surface area contributed by atoms with Gasteiger partial charge >= 0.3 is 6.03 Å². The highest BCUT2D eigenvalue weighted by Gasteiger charge is 2.11. The largest absolute Gasteiger partial charge is 0.491 e. The van der Waals surface area contributed by atoms with E-state index >= 15 is 0 Å². The fourth-order valence-corrected chi connectivity index (χ4v) is 3.50. The number of rotatable bonds is 7. The van der Waals surface area contributed by atoms with Crippen LogP contribution in [0.4, 0.5) is 16.2 Å². The van der Waals surface area contributed by atoms with E-state index in [9.17, 15) is 4.79 Å². The zero-order valence-electron chi connectivity index (χ0n) is 16.9. The summed E-state index contributed by atoms with van der Waals surface area (Å²) in [5, 5.41) is 5.72. The van der Waals surface area contributed by atoms with Crippen molar-refractivity contribution < 1.29 is 9.53 Å². The SMILES string of the molecule is CC(C)c1ccccc1OCCNC(=O)Nc1ccc(N2CCCCC2)cc1. The van der Waals surface area contributed by atoms with E-state index in [1.165, 1.54) is 30.5 Å². The van der Waals surface area contributed by atoms with Gasteiger partial charge in [-0.2, -0.15) is 0 Å². The van der Waals surface area contributed by atoms with E-state index in [1.807, 2.05) is 30.3 Å². The van der Waals surface area contributed by atoms with Crippen LogP contribution in [0.3, 0.4) is 0 Å². The predicted molar refractivity (Wildman–Crippen MR) is 116 cm³/mol. The molecular weight excluding hydrogens is 350 g/mol. The molecule has 2 aromatic carbocycles. The van der Waals surface area contributed by atoms with E-state index in [4.69, 9.17) is 4.74 Å². The van der Waals surface area contributed by atoms with E-state index in [0.717, 1.165) is 24.5 Å². The summed E-state index contributed by atoms with van der Waals surface area (Å²) < 4.78 is 5.83. The Hall–Kier alpha value is -2.69. The van der Waals surface area contributed by atoms with Crippen LogP contribution in [-0.4, -0.2) is 32.3 Å². The molecule has 0 saturated carbocycles. The molecule has 1 fully saturated rings. The van der Waals surface area contributed by atoms with Gasteiger partial charge in [0.2, 0.25) is 0 Å². The van der Waals surface area contributed by atoms with Crippen molar-refractivity contribution in [2.75, 3.05) is 36.5 Å². The molecule has 0 unspecified atom stereocenters. The second-order valence-corrected chi connectivity index (χ2v) is 7.52. The Labute approximate surface area is 168 Å². The van der Waals surface area contributed by atoms with Crippen molar-refractivity contribution in [2.45, 2.75) is 39.0 Å². The number of carbonyl (C=O) groups is 1. The lowest BCUT2D eigenvalue weighted by atomic mass is 10.0. The molecular formula is C23H31N3O2. The molecule has 2 N–H and O–H groups in total. The molecule has 3 rings (SSSR count). The van der Waals surface area contributed by atoms with Crippen LogP contribution in [-0.2, 0) is 0 Å². The van der Waals surface area contributed by atoms with Gasteiger partial charge in [0.25, 0.3) is 0 Å². The van der Waals surface area contributed by atoms with Crippen LogP contribution in [0.15, 0.2) is 48.5 Å².